The number of carbonyl (C=O) groups is 1. The fourth-order valence-corrected chi connectivity index (χ4v) is 3.77. The first-order chi connectivity index (χ1) is 17.1. The van der Waals surface area contributed by atoms with E-state index in [9.17, 15) is 14.9 Å². The Kier molecular flexibility index (Phi) is 5.88. The molecule has 0 aliphatic heterocycles. The summed E-state index contributed by atoms with van der Waals surface area (Å²) >= 11 is 0. The van der Waals surface area contributed by atoms with Gasteiger partial charge in [-0.3, -0.25) is 14.9 Å². The van der Waals surface area contributed by atoms with Crippen LogP contribution in [0.25, 0.3) is 28.2 Å². The van der Waals surface area contributed by atoms with Gasteiger partial charge in [0, 0.05) is 34.5 Å². The molecule has 1 aromatic heterocycles. The zero-order valence-corrected chi connectivity index (χ0v) is 18.5. The number of aromatic nitrogens is 2. The van der Waals surface area contributed by atoms with Crippen molar-refractivity contribution in [2.45, 2.75) is 0 Å². The first kappa shape index (κ1) is 21.8. The maximum Gasteiger partial charge on any atom is 0.269 e. The van der Waals surface area contributed by atoms with Crippen molar-refractivity contribution in [1.29, 1.82) is 0 Å². The van der Waals surface area contributed by atoms with Crippen LogP contribution in [-0.4, -0.2) is 20.6 Å². The standard InChI is InChI=1S/C28H20N4O3/c33-28(29-23-13-17-25(18-14-23)32(34)35)22-11-15-24(16-12-22)31-27(21-9-5-2-6-10-21)19-26(30-31)20-7-3-1-4-8-20/h1-19H,(H,29,33). The molecule has 0 aliphatic rings. The second-order valence-electron chi connectivity index (χ2n) is 7.86. The Morgan fingerprint density at radius 2 is 1.37 bits per heavy atom. The van der Waals surface area contributed by atoms with Crippen LogP contribution in [0.5, 0.6) is 0 Å². The number of benzene rings is 4. The molecule has 0 saturated heterocycles. The molecule has 5 aromatic rings. The van der Waals surface area contributed by atoms with Crippen LogP contribution in [0, 0.1) is 10.1 Å². The minimum absolute atomic E-state index is 0.0318. The lowest BCUT2D eigenvalue weighted by atomic mass is 10.1. The van der Waals surface area contributed by atoms with E-state index in [-0.39, 0.29) is 11.6 Å². The molecular formula is C28H20N4O3. The molecule has 0 aliphatic carbocycles. The molecule has 7 nitrogen and oxygen atoms in total. The van der Waals surface area contributed by atoms with Gasteiger partial charge in [-0.25, -0.2) is 4.68 Å². The summed E-state index contributed by atoms with van der Waals surface area (Å²) in [4.78, 5) is 23.0. The van der Waals surface area contributed by atoms with Gasteiger partial charge < -0.3 is 5.32 Å². The normalized spacial score (nSPS) is 10.6. The highest BCUT2D eigenvalue weighted by Gasteiger charge is 2.14. The molecule has 1 amide bonds. The Hall–Kier alpha value is -5.04. The molecule has 4 aromatic carbocycles. The van der Waals surface area contributed by atoms with Gasteiger partial charge in [-0.1, -0.05) is 60.7 Å². The molecule has 0 spiro atoms. The fraction of sp³-hybridized carbons (Fsp3) is 0. The Morgan fingerprint density at radius 1 is 0.771 bits per heavy atom. The van der Waals surface area contributed by atoms with Crippen LogP contribution >= 0.6 is 0 Å². The Labute approximate surface area is 201 Å². The molecule has 0 saturated carbocycles. The maximum absolute atomic E-state index is 12.7. The summed E-state index contributed by atoms with van der Waals surface area (Å²) in [6.45, 7) is 0. The average Bonchev–Trinajstić information content (AvgIpc) is 3.36. The van der Waals surface area contributed by atoms with E-state index in [1.54, 1.807) is 12.1 Å². The summed E-state index contributed by atoms with van der Waals surface area (Å²) in [5, 5.41) is 18.4. The van der Waals surface area contributed by atoms with E-state index >= 15 is 0 Å². The van der Waals surface area contributed by atoms with E-state index in [1.807, 2.05) is 77.5 Å². The summed E-state index contributed by atoms with van der Waals surface area (Å²) in [6.07, 6.45) is 0. The van der Waals surface area contributed by atoms with Crippen LogP contribution in [0.15, 0.2) is 115 Å². The molecule has 0 radical (unpaired) electrons. The molecule has 1 heterocycles. The van der Waals surface area contributed by atoms with Gasteiger partial charge in [0.1, 0.15) is 0 Å². The highest BCUT2D eigenvalue weighted by atomic mass is 16.6. The van der Waals surface area contributed by atoms with Crippen LogP contribution in [0.1, 0.15) is 10.4 Å². The SMILES string of the molecule is O=C(Nc1ccc([N+](=O)[O-])cc1)c1ccc(-n2nc(-c3ccccc3)cc2-c2ccccc2)cc1. The summed E-state index contributed by atoms with van der Waals surface area (Å²) in [5.74, 6) is -0.306. The first-order valence-electron chi connectivity index (χ1n) is 11.0. The van der Waals surface area contributed by atoms with Gasteiger partial charge in [-0.15, -0.1) is 0 Å². The van der Waals surface area contributed by atoms with Crippen LogP contribution in [0.4, 0.5) is 11.4 Å². The number of rotatable bonds is 6. The predicted molar refractivity (Wildman–Crippen MR) is 135 cm³/mol. The highest BCUT2D eigenvalue weighted by Crippen LogP contribution is 2.29. The number of hydrogen-bond acceptors (Lipinski definition) is 4. The topological polar surface area (TPSA) is 90.1 Å². The third-order valence-electron chi connectivity index (χ3n) is 5.56. The molecule has 35 heavy (non-hydrogen) atoms. The molecule has 0 atom stereocenters. The first-order valence-corrected chi connectivity index (χ1v) is 11.0. The van der Waals surface area contributed by atoms with Gasteiger partial charge in [0.2, 0.25) is 0 Å². The largest absolute Gasteiger partial charge is 0.322 e. The number of amides is 1. The number of anilines is 1. The quantitative estimate of drug-likeness (QED) is 0.236. The van der Waals surface area contributed by atoms with Crippen molar-refractivity contribution in [3.05, 3.63) is 131 Å². The van der Waals surface area contributed by atoms with E-state index in [4.69, 9.17) is 5.10 Å². The zero-order chi connectivity index (χ0) is 24.2. The van der Waals surface area contributed by atoms with Gasteiger partial charge >= 0.3 is 0 Å². The molecule has 7 heteroatoms. The predicted octanol–water partition coefficient (Wildman–Crippen LogP) is 6.37. The van der Waals surface area contributed by atoms with Crippen molar-refractivity contribution in [2.24, 2.45) is 0 Å². The number of nitrogens with zero attached hydrogens (tertiary/aromatic N) is 3. The van der Waals surface area contributed by atoms with Gasteiger partial charge in [0.05, 0.1) is 22.0 Å². The van der Waals surface area contributed by atoms with E-state index in [2.05, 4.69) is 11.4 Å². The molecular weight excluding hydrogens is 440 g/mol. The van der Waals surface area contributed by atoms with Crippen molar-refractivity contribution >= 4 is 17.3 Å². The van der Waals surface area contributed by atoms with Gasteiger partial charge in [0.15, 0.2) is 0 Å². The van der Waals surface area contributed by atoms with Crippen LogP contribution in [0.3, 0.4) is 0 Å². The Bertz CT molecular complexity index is 1480. The molecule has 1 N–H and O–H groups in total. The number of nitro groups is 1. The smallest absolute Gasteiger partial charge is 0.269 e. The van der Waals surface area contributed by atoms with Crippen molar-refractivity contribution < 1.29 is 9.72 Å². The summed E-state index contributed by atoms with van der Waals surface area (Å²) in [5.41, 5.74) is 5.56. The van der Waals surface area contributed by atoms with Crippen molar-refractivity contribution in [2.75, 3.05) is 5.32 Å². The zero-order valence-electron chi connectivity index (χ0n) is 18.5. The molecule has 0 fully saturated rings. The third-order valence-corrected chi connectivity index (χ3v) is 5.56. The minimum atomic E-state index is -0.480. The number of hydrogen-bond donors (Lipinski definition) is 1. The fourth-order valence-electron chi connectivity index (χ4n) is 3.77. The van der Waals surface area contributed by atoms with E-state index < -0.39 is 4.92 Å². The number of nitrogens with one attached hydrogen (secondary N) is 1. The number of carbonyl (C=O) groups excluding carboxylic acids is 1. The highest BCUT2D eigenvalue weighted by molar-refractivity contribution is 6.04. The van der Waals surface area contributed by atoms with Gasteiger partial charge in [0.25, 0.3) is 11.6 Å². The molecule has 0 unspecified atom stereocenters. The lowest BCUT2D eigenvalue weighted by molar-refractivity contribution is -0.384. The van der Waals surface area contributed by atoms with Crippen molar-refractivity contribution in [3.8, 4) is 28.2 Å². The van der Waals surface area contributed by atoms with Crippen molar-refractivity contribution in [3.63, 3.8) is 0 Å². The number of non-ortho nitro benzene ring substituents is 1. The van der Waals surface area contributed by atoms with Crippen molar-refractivity contribution in [1.82, 2.24) is 9.78 Å². The van der Waals surface area contributed by atoms with Gasteiger partial charge in [-0.05, 0) is 42.5 Å². The van der Waals surface area contributed by atoms with Crippen LogP contribution < -0.4 is 5.32 Å². The van der Waals surface area contributed by atoms with E-state index in [1.165, 1.54) is 24.3 Å². The number of nitro benzene ring substituents is 1. The lowest BCUT2D eigenvalue weighted by Gasteiger charge is -2.09. The minimum Gasteiger partial charge on any atom is -0.322 e. The second-order valence-corrected chi connectivity index (χ2v) is 7.86. The molecule has 5 rings (SSSR count). The molecule has 0 bridgehead atoms. The monoisotopic (exact) mass is 460 g/mol. The third kappa shape index (κ3) is 4.69. The second kappa shape index (κ2) is 9.44. The van der Waals surface area contributed by atoms with Crippen LogP contribution in [-0.2, 0) is 0 Å². The summed E-state index contributed by atoms with van der Waals surface area (Å²) in [7, 11) is 0. The Balaban J connectivity index is 1.43. The summed E-state index contributed by atoms with van der Waals surface area (Å²) < 4.78 is 1.87. The van der Waals surface area contributed by atoms with Gasteiger partial charge in [-0.2, -0.15) is 5.10 Å². The lowest BCUT2D eigenvalue weighted by Crippen LogP contribution is -2.12. The molecule has 170 valence electrons. The maximum atomic E-state index is 12.7. The van der Waals surface area contributed by atoms with E-state index in [0.29, 0.717) is 11.3 Å². The van der Waals surface area contributed by atoms with Crippen LogP contribution in [0.2, 0.25) is 0 Å². The summed E-state index contributed by atoms with van der Waals surface area (Å²) in [6, 6.07) is 34.9. The Morgan fingerprint density at radius 3 is 1.97 bits per heavy atom. The van der Waals surface area contributed by atoms with E-state index in [0.717, 1.165) is 28.2 Å². The average molecular weight is 460 g/mol.